The third-order valence-corrected chi connectivity index (χ3v) is 5.43. The average Bonchev–Trinajstić information content (AvgIpc) is 3.08. The topological polar surface area (TPSA) is 25.2 Å². The number of aromatic nitrogens is 1. The molecule has 1 aliphatic heterocycles. The van der Waals surface area contributed by atoms with Crippen LogP contribution in [0.3, 0.4) is 0 Å². The third-order valence-electron chi connectivity index (χ3n) is 4.55. The van der Waals surface area contributed by atoms with Crippen LogP contribution in [0.15, 0.2) is 28.4 Å². The van der Waals surface area contributed by atoms with E-state index >= 15 is 0 Å². The van der Waals surface area contributed by atoms with Crippen molar-refractivity contribution in [3.05, 3.63) is 56.1 Å². The summed E-state index contributed by atoms with van der Waals surface area (Å²) >= 11 is 1.22. The average molecular weight is 338 g/mol. The van der Waals surface area contributed by atoms with E-state index in [0.717, 1.165) is 37.7 Å². The quantitative estimate of drug-likeness (QED) is 0.836. The molecule has 23 heavy (non-hydrogen) atoms. The number of halogens is 2. The van der Waals surface area contributed by atoms with Crippen molar-refractivity contribution in [3.8, 4) is 0 Å². The molecular weight excluding hydrogens is 318 g/mol. The van der Waals surface area contributed by atoms with E-state index in [4.69, 9.17) is 0 Å². The van der Waals surface area contributed by atoms with Crippen LogP contribution in [0, 0.1) is 18.6 Å². The summed E-state index contributed by atoms with van der Waals surface area (Å²) in [7, 11) is 0. The lowest BCUT2D eigenvalue weighted by molar-refractivity contribution is 0.240. The van der Waals surface area contributed by atoms with Crippen molar-refractivity contribution in [1.29, 1.82) is 0 Å². The van der Waals surface area contributed by atoms with Crippen molar-refractivity contribution in [2.24, 2.45) is 0 Å². The van der Waals surface area contributed by atoms with Gasteiger partial charge in [0.05, 0.1) is 0 Å². The molecule has 124 valence electrons. The predicted molar refractivity (Wildman–Crippen MR) is 88.0 cm³/mol. The van der Waals surface area contributed by atoms with Crippen molar-refractivity contribution in [2.45, 2.75) is 38.8 Å². The van der Waals surface area contributed by atoms with Gasteiger partial charge in [0.2, 0.25) is 0 Å². The number of hydrogen-bond acceptors (Lipinski definition) is 3. The summed E-state index contributed by atoms with van der Waals surface area (Å²) in [5.74, 6) is -0.741. The first-order chi connectivity index (χ1) is 11.0. The molecule has 1 aromatic carbocycles. The molecule has 1 saturated heterocycles. The van der Waals surface area contributed by atoms with Gasteiger partial charge in [-0.25, -0.2) is 8.78 Å². The van der Waals surface area contributed by atoms with Crippen LogP contribution in [0.4, 0.5) is 8.78 Å². The molecule has 2 aromatic rings. The Kier molecular flexibility index (Phi) is 4.92. The van der Waals surface area contributed by atoms with E-state index in [1.807, 2.05) is 12.3 Å². The van der Waals surface area contributed by atoms with Crippen LogP contribution in [0.5, 0.6) is 0 Å². The van der Waals surface area contributed by atoms with Crippen LogP contribution >= 0.6 is 11.3 Å². The molecule has 3 nitrogen and oxygen atoms in total. The van der Waals surface area contributed by atoms with Crippen LogP contribution < -0.4 is 4.87 Å². The minimum atomic E-state index is -0.397. The monoisotopic (exact) mass is 338 g/mol. The lowest BCUT2D eigenvalue weighted by Gasteiger charge is -2.25. The zero-order valence-corrected chi connectivity index (χ0v) is 13.9. The molecule has 0 radical (unpaired) electrons. The summed E-state index contributed by atoms with van der Waals surface area (Å²) in [6, 6.07) is 3.84. The Morgan fingerprint density at radius 3 is 2.87 bits per heavy atom. The highest BCUT2D eigenvalue weighted by atomic mass is 32.1. The Labute approximate surface area is 138 Å². The van der Waals surface area contributed by atoms with Gasteiger partial charge in [0, 0.05) is 30.2 Å². The largest absolute Gasteiger partial charge is 0.307 e. The smallest absolute Gasteiger partial charge is 0.302 e. The van der Waals surface area contributed by atoms with Gasteiger partial charge in [0.25, 0.3) is 0 Å². The fourth-order valence-electron chi connectivity index (χ4n) is 3.28. The number of likely N-dealkylation sites (tertiary alicyclic amines) is 1. The highest BCUT2D eigenvalue weighted by Gasteiger charge is 2.25. The molecule has 0 amide bonds. The summed E-state index contributed by atoms with van der Waals surface area (Å²) in [5, 5.41) is 1.87. The van der Waals surface area contributed by atoms with E-state index in [2.05, 4.69) is 4.90 Å². The summed E-state index contributed by atoms with van der Waals surface area (Å²) in [6.45, 7) is 4.29. The molecule has 1 fully saturated rings. The van der Waals surface area contributed by atoms with Crippen molar-refractivity contribution < 1.29 is 8.78 Å². The number of aryl methyl sites for hydroxylation is 1. The molecule has 0 N–H and O–H groups in total. The Morgan fingerprint density at radius 1 is 1.30 bits per heavy atom. The maximum Gasteiger partial charge on any atom is 0.307 e. The third kappa shape index (κ3) is 3.70. The second-order valence-corrected chi connectivity index (χ2v) is 6.89. The Balaban J connectivity index is 1.66. The van der Waals surface area contributed by atoms with Crippen LogP contribution in [0.1, 0.15) is 24.1 Å². The minimum Gasteiger partial charge on any atom is -0.302 e. The van der Waals surface area contributed by atoms with Crippen molar-refractivity contribution in [2.75, 3.05) is 13.1 Å². The minimum absolute atomic E-state index is 0.0643. The molecule has 3 rings (SSSR count). The standard InChI is InChI=1S/C17H20F2N2OS/c1-12-11-23-17(22)21(12)8-7-20-6-2-3-15(20)10-13-9-14(18)4-5-16(13)19/h4-5,9,11,15H,2-3,6-8,10H2,1H3. The Hall–Kier alpha value is -1.53. The van der Waals surface area contributed by atoms with Crippen molar-refractivity contribution in [1.82, 2.24) is 9.47 Å². The van der Waals surface area contributed by atoms with Gasteiger partial charge in [0.1, 0.15) is 11.6 Å². The molecule has 6 heteroatoms. The first kappa shape index (κ1) is 16.3. The molecule has 1 aliphatic rings. The van der Waals surface area contributed by atoms with E-state index in [-0.39, 0.29) is 16.7 Å². The van der Waals surface area contributed by atoms with Gasteiger partial charge in [-0.2, -0.15) is 0 Å². The zero-order valence-electron chi connectivity index (χ0n) is 13.1. The number of thiazole rings is 1. The van der Waals surface area contributed by atoms with Crippen molar-refractivity contribution in [3.63, 3.8) is 0 Å². The number of benzene rings is 1. The first-order valence-corrected chi connectivity index (χ1v) is 8.75. The number of hydrogen-bond donors (Lipinski definition) is 0. The maximum atomic E-state index is 13.8. The molecule has 1 unspecified atom stereocenters. The summed E-state index contributed by atoms with van der Waals surface area (Å²) in [4.78, 5) is 14.1. The van der Waals surface area contributed by atoms with Crippen LogP contribution in [-0.2, 0) is 13.0 Å². The Bertz CT molecular complexity index is 740. The van der Waals surface area contributed by atoms with Gasteiger partial charge in [-0.1, -0.05) is 11.3 Å². The van der Waals surface area contributed by atoms with Gasteiger partial charge in [-0.3, -0.25) is 9.69 Å². The fourth-order valence-corrected chi connectivity index (χ4v) is 4.04. The normalized spacial score (nSPS) is 18.7. The summed E-state index contributed by atoms with van der Waals surface area (Å²) in [5.41, 5.74) is 1.41. The van der Waals surface area contributed by atoms with E-state index in [9.17, 15) is 13.6 Å². The first-order valence-electron chi connectivity index (χ1n) is 7.87. The van der Waals surface area contributed by atoms with Gasteiger partial charge >= 0.3 is 4.87 Å². The van der Waals surface area contributed by atoms with Crippen molar-refractivity contribution >= 4 is 11.3 Å². The van der Waals surface area contributed by atoms with Gasteiger partial charge in [0.15, 0.2) is 0 Å². The second kappa shape index (κ2) is 6.93. The summed E-state index contributed by atoms with van der Waals surface area (Å²) < 4.78 is 28.9. The predicted octanol–water partition coefficient (Wildman–Crippen LogP) is 3.20. The van der Waals surface area contributed by atoms with E-state index in [0.29, 0.717) is 18.5 Å². The zero-order chi connectivity index (χ0) is 16.4. The van der Waals surface area contributed by atoms with Gasteiger partial charge in [-0.15, -0.1) is 0 Å². The van der Waals surface area contributed by atoms with Crippen LogP contribution in [0.25, 0.3) is 0 Å². The van der Waals surface area contributed by atoms with Gasteiger partial charge in [-0.05, 0) is 56.5 Å². The van der Waals surface area contributed by atoms with E-state index < -0.39 is 5.82 Å². The number of rotatable bonds is 5. The lowest BCUT2D eigenvalue weighted by Crippen LogP contribution is -2.35. The van der Waals surface area contributed by atoms with Crippen LogP contribution in [0.2, 0.25) is 0 Å². The molecular formula is C17H20F2N2OS. The molecule has 0 aliphatic carbocycles. The van der Waals surface area contributed by atoms with E-state index in [1.54, 1.807) is 4.57 Å². The lowest BCUT2D eigenvalue weighted by atomic mass is 10.0. The highest BCUT2D eigenvalue weighted by Crippen LogP contribution is 2.23. The summed E-state index contributed by atoms with van der Waals surface area (Å²) in [6.07, 6.45) is 2.55. The maximum absolute atomic E-state index is 13.8. The molecule has 0 bridgehead atoms. The fraction of sp³-hybridized carbons (Fsp3) is 0.471. The highest BCUT2D eigenvalue weighted by molar-refractivity contribution is 7.07. The molecule has 0 spiro atoms. The van der Waals surface area contributed by atoms with Gasteiger partial charge < -0.3 is 4.57 Å². The second-order valence-electron chi connectivity index (χ2n) is 6.07. The molecule has 2 heterocycles. The number of nitrogens with zero attached hydrogens (tertiary/aromatic N) is 2. The Morgan fingerprint density at radius 2 is 2.13 bits per heavy atom. The SMILES string of the molecule is Cc1csc(=O)n1CCN1CCCC1Cc1cc(F)ccc1F. The molecule has 0 saturated carbocycles. The molecule has 1 aromatic heterocycles. The molecule has 1 atom stereocenters. The van der Waals surface area contributed by atoms with E-state index in [1.165, 1.54) is 23.5 Å². The van der Waals surface area contributed by atoms with Crippen LogP contribution in [-0.4, -0.2) is 28.6 Å².